The highest BCUT2D eigenvalue weighted by Gasteiger charge is 2.29. The monoisotopic (exact) mass is 436 g/mol. The molecular weight excluding hydrogens is 413 g/mol. The molecular formula is C26H23F3N2O. The summed E-state index contributed by atoms with van der Waals surface area (Å²) in [6, 6.07) is 22.2. The first kappa shape index (κ1) is 23.0. The number of oxime groups is 1. The molecule has 0 heterocycles. The zero-order valence-corrected chi connectivity index (χ0v) is 17.8. The molecule has 32 heavy (non-hydrogen) atoms. The molecule has 0 saturated carbocycles. The van der Waals surface area contributed by atoms with Crippen LogP contribution in [-0.4, -0.2) is 26.4 Å². The first-order valence-electron chi connectivity index (χ1n) is 10.0. The predicted octanol–water partition coefficient (Wildman–Crippen LogP) is 5.78. The van der Waals surface area contributed by atoms with Crippen LogP contribution < -0.4 is 4.90 Å². The Morgan fingerprint density at radius 3 is 2.19 bits per heavy atom. The summed E-state index contributed by atoms with van der Waals surface area (Å²) in [5, 5.41) is 4.08. The number of benzene rings is 3. The minimum absolute atomic E-state index is 0.475. The lowest BCUT2D eigenvalue weighted by molar-refractivity contribution is -0.137. The van der Waals surface area contributed by atoms with Crippen molar-refractivity contribution in [3.63, 3.8) is 0 Å². The van der Waals surface area contributed by atoms with Crippen molar-refractivity contribution in [2.24, 2.45) is 5.16 Å². The lowest BCUT2D eigenvalue weighted by Crippen LogP contribution is -2.11. The number of anilines is 1. The molecule has 0 saturated heterocycles. The number of nitrogens with zero attached hydrogens (tertiary/aromatic N) is 2. The summed E-state index contributed by atoms with van der Waals surface area (Å²) < 4.78 is 38.2. The van der Waals surface area contributed by atoms with Crippen LogP contribution in [0.5, 0.6) is 0 Å². The van der Waals surface area contributed by atoms with Crippen molar-refractivity contribution in [3.8, 4) is 11.8 Å². The van der Waals surface area contributed by atoms with Gasteiger partial charge in [-0.05, 0) is 47.5 Å². The van der Waals surface area contributed by atoms with Crippen LogP contribution >= 0.6 is 0 Å². The molecule has 6 heteroatoms. The van der Waals surface area contributed by atoms with Crippen molar-refractivity contribution in [3.05, 3.63) is 101 Å². The van der Waals surface area contributed by atoms with Gasteiger partial charge in [0.2, 0.25) is 0 Å². The van der Waals surface area contributed by atoms with Crippen LogP contribution in [-0.2, 0) is 17.4 Å². The van der Waals surface area contributed by atoms with Crippen LogP contribution in [0.25, 0.3) is 0 Å². The highest BCUT2D eigenvalue weighted by atomic mass is 19.4. The van der Waals surface area contributed by atoms with Gasteiger partial charge in [-0.25, -0.2) is 0 Å². The SMILES string of the molecule is CN(C)c1ccc(/C=N/OC(C#Cc2ccc(C(F)(F)F)cc2)Cc2ccccc2)cc1. The topological polar surface area (TPSA) is 24.8 Å². The normalized spacial score (nSPS) is 12.2. The zero-order chi connectivity index (χ0) is 23.0. The fraction of sp³-hybridized carbons (Fsp3) is 0.192. The van der Waals surface area contributed by atoms with E-state index >= 15 is 0 Å². The summed E-state index contributed by atoms with van der Waals surface area (Å²) in [6.45, 7) is 0. The summed E-state index contributed by atoms with van der Waals surface area (Å²) >= 11 is 0. The van der Waals surface area contributed by atoms with Gasteiger partial charge in [0.15, 0.2) is 6.10 Å². The van der Waals surface area contributed by atoms with Gasteiger partial charge in [-0.2, -0.15) is 13.2 Å². The number of hydrogen-bond donors (Lipinski definition) is 0. The number of halogens is 3. The third-order valence-electron chi connectivity index (χ3n) is 4.65. The molecule has 164 valence electrons. The molecule has 3 nitrogen and oxygen atoms in total. The molecule has 0 aromatic heterocycles. The molecule has 3 rings (SSSR count). The van der Waals surface area contributed by atoms with Gasteiger partial charge >= 0.3 is 6.18 Å². The molecule has 0 amide bonds. The summed E-state index contributed by atoms with van der Waals surface area (Å²) in [6.07, 6.45) is -2.83. The Hall–Kier alpha value is -3.72. The van der Waals surface area contributed by atoms with E-state index in [1.165, 1.54) is 12.1 Å². The van der Waals surface area contributed by atoms with E-state index in [-0.39, 0.29) is 0 Å². The molecule has 3 aromatic carbocycles. The summed E-state index contributed by atoms with van der Waals surface area (Å²) in [7, 11) is 3.94. The largest absolute Gasteiger partial charge is 0.416 e. The van der Waals surface area contributed by atoms with Crippen molar-refractivity contribution in [1.82, 2.24) is 0 Å². The second-order valence-electron chi connectivity index (χ2n) is 7.35. The fourth-order valence-electron chi connectivity index (χ4n) is 2.87. The number of alkyl halides is 3. The van der Waals surface area contributed by atoms with Crippen molar-refractivity contribution >= 4 is 11.9 Å². The molecule has 0 fully saturated rings. The lowest BCUT2D eigenvalue weighted by Gasteiger charge is -2.12. The highest BCUT2D eigenvalue weighted by molar-refractivity contribution is 5.79. The van der Waals surface area contributed by atoms with Crippen molar-refractivity contribution in [2.45, 2.75) is 18.7 Å². The average Bonchev–Trinajstić information content (AvgIpc) is 2.78. The third kappa shape index (κ3) is 6.92. The van der Waals surface area contributed by atoms with E-state index in [2.05, 4.69) is 17.0 Å². The fourth-order valence-corrected chi connectivity index (χ4v) is 2.87. The molecule has 0 aliphatic rings. The maximum atomic E-state index is 12.7. The number of hydrogen-bond acceptors (Lipinski definition) is 3. The van der Waals surface area contributed by atoms with E-state index in [1.807, 2.05) is 73.6 Å². The lowest BCUT2D eigenvalue weighted by atomic mass is 10.1. The molecule has 0 bridgehead atoms. The zero-order valence-electron chi connectivity index (χ0n) is 17.8. The predicted molar refractivity (Wildman–Crippen MR) is 122 cm³/mol. The average molecular weight is 436 g/mol. The van der Waals surface area contributed by atoms with E-state index in [0.717, 1.165) is 28.9 Å². The van der Waals surface area contributed by atoms with E-state index < -0.39 is 17.8 Å². The maximum absolute atomic E-state index is 12.7. The van der Waals surface area contributed by atoms with E-state index in [0.29, 0.717) is 12.0 Å². The minimum Gasteiger partial charge on any atom is -0.379 e. The number of rotatable bonds is 6. The third-order valence-corrected chi connectivity index (χ3v) is 4.65. The Morgan fingerprint density at radius 2 is 1.59 bits per heavy atom. The smallest absolute Gasteiger partial charge is 0.379 e. The first-order chi connectivity index (χ1) is 15.3. The molecule has 1 unspecified atom stereocenters. The maximum Gasteiger partial charge on any atom is 0.416 e. The Labute approximate surface area is 186 Å². The van der Waals surface area contributed by atoms with Crippen LogP contribution in [0.4, 0.5) is 18.9 Å². The standard InChI is InChI=1S/C26H23F3N2O/c1-31(2)24-15-10-22(11-16-24)19-30-32-25(18-21-6-4-3-5-7-21)17-12-20-8-13-23(14-9-20)26(27,28)29/h3-11,13-16,19,25H,18H2,1-2H3/b30-19+. The van der Waals surface area contributed by atoms with Crippen molar-refractivity contribution in [1.29, 1.82) is 0 Å². The summed E-state index contributed by atoms with van der Waals surface area (Å²) in [5.41, 5.74) is 2.75. The van der Waals surface area contributed by atoms with Crippen molar-refractivity contribution < 1.29 is 18.0 Å². The Morgan fingerprint density at radius 1 is 0.938 bits per heavy atom. The minimum atomic E-state index is -4.37. The van der Waals surface area contributed by atoms with Crippen LogP contribution in [0, 0.1) is 11.8 Å². The van der Waals surface area contributed by atoms with Crippen LogP contribution in [0.2, 0.25) is 0 Å². The summed E-state index contributed by atoms with van der Waals surface area (Å²) in [4.78, 5) is 7.64. The molecule has 0 radical (unpaired) electrons. The van der Waals surface area contributed by atoms with E-state index in [1.54, 1.807) is 6.21 Å². The first-order valence-corrected chi connectivity index (χ1v) is 10.0. The molecule has 0 N–H and O–H groups in total. The van der Waals surface area contributed by atoms with Gasteiger partial charge in [0.25, 0.3) is 0 Å². The van der Waals surface area contributed by atoms with Crippen LogP contribution in [0.1, 0.15) is 22.3 Å². The van der Waals surface area contributed by atoms with Gasteiger partial charge in [-0.1, -0.05) is 59.5 Å². The molecule has 0 aliphatic heterocycles. The van der Waals surface area contributed by atoms with Gasteiger partial charge in [-0.15, -0.1) is 0 Å². The molecule has 0 aliphatic carbocycles. The molecule has 0 spiro atoms. The van der Waals surface area contributed by atoms with Gasteiger partial charge in [-0.3, -0.25) is 0 Å². The van der Waals surface area contributed by atoms with E-state index in [9.17, 15) is 13.2 Å². The second kappa shape index (κ2) is 10.5. The van der Waals surface area contributed by atoms with Gasteiger partial charge < -0.3 is 9.74 Å². The van der Waals surface area contributed by atoms with Gasteiger partial charge in [0.1, 0.15) is 0 Å². The summed E-state index contributed by atoms with van der Waals surface area (Å²) in [5.74, 6) is 5.87. The second-order valence-corrected chi connectivity index (χ2v) is 7.35. The Kier molecular flexibility index (Phi) is 7.56. The highest BCUT2D eigenvalue weighted by Crippen LogP contribution is 2.28. The molecule has 3 aromatic rings. The van der Waals surface area contributed by atoms with Crippen LogP contribution in [0.3, 0.4) is 0 Å². The van der Waals surface area contributed by atoms with E-state index in [4.69, 9.17) is 4.84 Å². The Bertz CT molecular complexity index is 1080. The quantitative estimate of drug-likeness (QED) is 0.278. The van der Waals surface area contributed by atoms with Crippen molar-refractivity contribution in [2.75, 3.05) is 19.0 Å². The Balaban J connectivity index is 1.73. The van der Waals surface area contributed by atoms with Gasteiger partial charge in [0, 0.05) is 31.8 Å². The van der Waals surface area contributed by atoms with Crippen LogP contribution in [0.15, 0.2) is 84.0 Å². The molecule has 1 atom stereocenters. The van der Waals surface area contributed by atoms with Gasteiger partial charge in [0.05, 0.1) is 11.8 Å².